The Morgan fingerprint density at radius 2 is 2.15 bits per heavy atom. The molecule has 0 fully saturated rings. The van der Waals surface area contributed by atoms with Gasteiger partial charge < -0.3 is 10.5 Å². The number of ether oxygens (including phenoxy) is 1. The second-order valence-electron chi connectivity index (χ2n) is 2.67. The van der Waals surface area contributed by atoms with Crippen molar-refractivity contribution in [2.24, 2.45) is 5.73 Å². The van der Waals surface area contributed by atoms with Crippen molar-refractivity contribution in [2.75, 3.05) is 7.11 Å². The van der Waals surface area contributed by atoms with Crippen molar-refractivity contribution in [3.8, 4) is 5.75 Å². The summed E-state index contributed by atoms with van der Waals surface area (Å²) in [6.07, 6.45) is 0. The fourth-order valence-electron chi connectivity index (χ4n) is 1.02. The molecule has 0 saturated carbocycles. The van der Waals surface area contributed by atoms with Gasteiger partial charge in [0.1, 0.15) is 11.6 Å². The molecule has 0 heterocycles. The third-order valence-corrected chi connectivity index (χ3v) is 1.75. The van der Waals surface area contributed by atoms with Crippen LogP contribution in [0.4, 0.5) is 4.39 Å². The number of benzene rings is 1. The highest BCUT2D eigenvalue weighted by Crippen LogP contribution is 2.21. The Morgan fingerprint density at radius 3 is 2.62 bits per heavy atom. The molecule has 13 heavy (non-hydrogen) atoms. The molecular weight excluding hydrogens is 173 g/mol. The molecule has 0 aromatic heterocycles. The van der Waals surface area contributed by atoms with Crippen molar-refractivity contribution in [3.63, 3.8) is 0 Å². The molecule has 70 valence electrons. The van der Waals surface area contributed by atoms with E-state index in [1.807, 2.05) is 0 Å². The molecule has 2 N–H and O–H groups in total. The van der Waals surface area contributed by atoms with Crippen LogP contribution in [0.1, 0.15) is 15.9 Å². The van der Waals surface area contributed by atoms with Gasteiger partial charge in [-0.05, 0) is 18.6 Å². The summed E-state index contributed by atoms with van der Waals surface area (Å²) in [4.78, 5) is 10.9. The molecule has 0 aliphatic carbocycles. The lowest BCUT2D eigenvalue weighted by atomic mass is 10.1. The van der Waals surface area contributed by atoms with Crippen LogP contribution in [-0.2, 0) is 0 Å². The quantitative estimate of drug-likeness (QED) is 0.750. The number of rotatable bonds is 2. The standard InChI is InChI=1S/C9H10FNO2/c1-5-3-6(9(11)12)8(13-2)4-7(5)10/h3-4H,1-2H3,(H2,11,12). The summed E-state index contributed by atoms with van der Waals surface area (Å²) in [5.41, 5.74) is 5.63. The van der Waals surface area contributed by atoms with Crippen molar-refractivity contribution >= 4 is 5.91 Å². The molecule has 1 amide bonds. The number of methoxy groups -OCH3 is 1. The first-order chi connectivity index (χ1) is 6.06. The summed E-state index contributed by atoms with van der Waals surface area (Å²) < 4.78 is 17.8. The van der Waals surface area contributed by atoms with Gasteiger partial charge in [-0.15, -0.1) is 0 Å². The van der Waals surface area contributed by atoms with Crippen LogP contribution in [0.5, 0.6) is 5.75 Å². The number of carbonyl (C=O) groups is 1. The Bertz CT molecular complexity index is 350. The Morgan fingerprint density at radius 1 is 1.54 bits per heavy atom. The maximum Gasteiger partial charge on any atom is 0.252 e. The first-order valence-corrected chi connectivity index (χ1v) is 3.70. The molecule has 0 bridgehead atoms. The van der Waals surface area contributed by atoms with Crippen molar-refractivity contribution in [1.82, 2.24) is 0 Å². The van der Waals surface area contributed by atoms with E-state index in [9.17, 15) is 9.18 Å². The van der Waals surface area contributed by atoms with Gasteiger partial charge in [0.15, 0.2) is 0 Å². The maximum absolute atomic E-state index is 13.0. The Balaban J connectivity index is 3.33. The first-order valence-electron chi connectivity index (χ1n) is 3.70. The topological polar surface area (TPSA) is 52.3 Å². The maximum atomic E-state index is 13.0. The largest absolute Gasteiger partial charge is 0.496 e. The van der Waals surface area contributed by atoms with E-state index < -0.39 is 11.7 Å². The van der Waals surface area contributed by atoms with E-state index in [4.69, 9.17) is 10.5 Å². The Labute approximate surface area is 75.3 Å². The second-order valence-corrected chi connectivity index (χ2v) is 2.67. The molecule has 0 spiro atoms. The number of amides is 1. The Hall–Kier alpha value is -1.58. The number of primary amides is 1. The van der Waals surface area contributed by atoms with Crippen LogP contribution >= 0.6 is 0 Å². The van der Waals surface area contributed by atoms with Gasteiger partial charge in [0.05, 0.1) is 12.7 Å². The Kier molecular flexibility index (Phi) is 2.51. The van der Waals surface area contributed by atoms with Crippen LogP contribution in [0.3, 0.4) is 0 Å². The molecule has 0 saturated heterocycles. The molecule has 1 aromatic rings. The predicted octanol–water partition coefficient (Wildman–Crippen LogP) is 1.24. The number of carbonyl (C=O) groups excluding carboxylic acids is 1. The third-order valence-electron chi connectivity index (χ3n) is 1.75. The van der Waals surface area contributed by atoms with Crippen molar-refractivity contribution in [2.45, 2.75) is 6.92 Å². The molecule has 4 heteroatoms. The first kappa shape index (κ1) is 9.51. The van der Waals surface area contributed by atoms with E-state index in [1.54, 1.807) is 6.92 Å². The minimum atomic E-state index is -0.625. The molecular formula is C9H10FNO2. The molecule has 0 aliphatic rings. The summed E-state index contributed by atoms with van der Waals surface area (Å²) in [5, 5.41) is 0. The number of hydrogen-bond acceptors (Lipinski definition) is 2. The lowest BCUT2D eigenvalue weighted by Crippen LogP contribution is -2.13. The fourth-order valence-corrected chi connectivity index (χ4v) is 1.02. The SMILES string of the molecule is COc1cc(F)c(C)cc1C(N)=O. The van der Waals surface area contributed by atoms with Gasteiger partial charge in [-0.3, -0.25) is 4.79 Å². The highest BCUT2D eigenvalue weighted by Gasteiger charge is 2.11. The zero-order valence-corrected chi connectivity index (χ0v) is 7.43. The molecule has 1 rings (SSSR count). The highest BCUT2D eigenvalue weighted by molar-refractivity contribution is 5.95. The predicted molar refractivity (Wildman–Crippen MR) is 46.2 cm³/mol. The minimum absolute atomic E-state index is 0.163. The van der Waals surface area contributed by atoms with Gasteiger partial charge in [0.2, 0.25) is 0 Å². The third kappa shape index (κ3) is 1.77. The molecule has 0 aliphatic heterocycles. The van der Waals surface area contributed by atoms with Gasteiger partial charge in [-0.1, -0.05) is 0 Å². The van der Waals surface area contributed by atoms with Gasteiger partial charge in [-0.2, -0.15) is 0 Å². The van der Waals surface area contributed by atoms with Gasteiger partial charge >= 0.3 is 0 Å². The van der Waals surface area contributed by atoms with Crippen LogP contribution in [0, 0.1) is 12.7 Å². The molecule has 1 aromatic carbocycles. The second kappa shape index (κ2) is 3.43. The molecule has 3 nitrogen and oxygen atoms in total. The van der Waals surface area contributed by atoms with Gasteiger partial charge in [0.25, 0.3) is 5.91 Å². The highest BCUT2D eigenvalue weighted by atomic mass is 19.1. The van der Waals surface area contributed by atoms with Gasteiger partial charge in [0, 0.05) is 6.07 Å². The summed E-state index contributed by atoms with van der Waals surface area (Å²) in [6.45, 7) is 1.56. The van der Waals surface area contributed by atoms with E-state index in [2.05, 4.69) is 0 Å². The van der Waals surface area contributed by atoms with E-state index >= 15 is 0 Å². The van der Waals surface area contributed by atoms with Crippen molar-refractivity contribution in [3.05, 3.63) is 29.1 Å². The smallest absolute Gasteiger partial charge is 0.252 e. The number of halogens is 1. The van der Waals surface area contributed by atoms with E-state index in [0.717, 1.165) is 6.07 Å². The van der Waals surface area contributed by atoms with Crippen LogP contribution < -0.4 is 10.5 Å². The van der Waals surface area contributed by atoms with Crippen molar-refractivity contribution in [1.29, 1.82) is 0 Å². The lowest BCUT2D eigenvalue weighted by Gasteiger charge is -2.06. The fraction of sp³-hybridized carbons (Fsp3) is 0.222. The molecule has 0 unspecified atom stereocenters. The average Bonchev–Trinajstić information content (AvgIpc) is 2.08. The lowest BCUT2D eigenvalue weighted by molar-refractivity contribution is 0.0997. The van der Waals surface area contributed by atoms with Gasteiger partial charge in [-0.25, -0.2) is 4.39 Å². The van der Waals surface area contributed by atoms with Crippen LogP contribution in [-0.4, -0.2) is 13.0 Å². The zero-order valence-electron chi connectivity index (χ0n) is 7.43. The summed E-state index contributed by atoms with van der Waals surface area (Å²) >= 11 is 0. The normalized spacial score (nSPS) is 9.77. The number of aryl methyl sites for hydroxylation is 1. The van der Waals surface area contributed by atoms with Crippen LogP contribution in [0.2, 0.25) is 0 Å². The van der Waals surface area contributed by atoms with Crippen LogP contribution in [0.15, 0.2) is 12.1 Å². The van der Waals surface area contributed by atoms with Crippen LogP contribution in [0.25, 0.3) is 0 Å². The zero-order chi connectivity index (χ0) is 10.0. The van der Waals surface area contributed by atoms with E-state index in [0.29, 0.717) is 5.56 Å². The number of nitrogens with two attached hydrogens (primary N) is 1. The van der Waals surface area contributed by atoms with E-state index in [-0.39, 0.29) is 11.3 Å². The average molecular weight is 183 g/mol. The molecule has 0 atom stereocenters. The summed E-state index contributed by atoms with van der Waals surface area (Å²) in [6, 6.07) is 2.52. The monoisotopic (exact) mass is 183 g/mol. The minimum Gasteiger partial charge on any atom is -0.496 e. The summed E-state index contributed by atoms with van der Waals surface area (Å²) in [7, 11) is 1.36. The van der Waals surface area contributed by atoms with Crippen molar-refractivity contribution < 1.29 is 13.9 Å². The number of hydrogen-bond donors (Lipinski definition) is 1. The van der Waals surface area contributed by atoms with E-state index in [1.165, 1.54) is 13.2 Å². The molecule has 0 radical (unpaired) electrons. The summed E-state index contributed by atoms with van der Waals surface area (Å²) in [5.74, 6) is -0.877.